The van der Waals surface area contributed by atoms with Crippen LogP contribution in [0.3, 0.4) is 0 Å². The molecule has 0 N–H and O–H groups in total. The van der Waals surface area contributed by atoms with Crippen molar-refractivity contribution in [2.75, 3.05) is 31.7 Å². The van der Waals surface area contributed by atoms with Gasteiger partial charge in [-0.15, -0.1) is 11.3 Å². The van der Waals surface area contributed by atoms with Crippen molar-refractivity contribution in [1.29, 1.82) is 5.26 Å². The Morgan fingerprint density at radius 2 is 2.25 bits per heavy atom. The third kappa shape index (κ3) is 3.37. The largest absolute Gasteiger partial charge is 0.383 e. The molecule has 0 aliphatic carbocycles. The van der Waals surface area contributed by atoms with Crippen LogP contribution in [0.4, 0.5) is 5.82 Å². The van der Waals surface area contributed by atoms with E-state index in [0.717, 1.165) is 20.9 Å². The average molecular weight is 311 g/mol. The highest BCUT2D eigenvalue weighted by molar-refractivity contribution is 7.18. The monoisotopic (exact) mass is 310 g/mol. The van der Waals surface area contributed by atoms with Crippen molar-refractivity contribution < 1.29 is 4.74 Å². The summed E-state index contributed by atoms with van der Waals surface area (Å²) in [5.74, 6) is 0.775. The van der Waals surface area contributed by atoms with Gasteiger partial charge >= 0.3 is 0 Å². The minimum Gasteiger partial charge on any atom is -0.383 e. The summed E-state index contributed by atoms with van der Waals surface area (Å²) in [6.07, 6.45) is 0.427. The molecule has 2 aromatic heterocycles. The molecule has 0 fully saturated rings. The zero-order valence-electron chi connectivity index (χ0n) is 11.4. The molecule has 0 saturated heterocycles. The summed E-state index contributed by atoms with van der Waals surface area (Å²) in [7, 11) is 1.65. The Kier molecular flexibility index (Phi) is 5.12. The number of hydrogen-bond acceptors (Lipinski definition) is 6. The van der Waals surface area contributed by atoms with Crippen LogP contribution in [0.15, 0.2) is 6.07 Å². The number of fused-ring (bicyclic) bond motifs is 1. The van der Waals surface area contributed by atoms with Crippen molar-refractivity contribution in [3.8, 4) is 6.07 Å². The number of methoxy groups -OCH3 is 1. The van der Waals surface area contributed by atoms with Crippen LogP contribution in [-0.2, 0) is 4.74 Å². The first-order valence-electron chi connectivity index (χ1n) is 6.20. The van der Waals surface area contributed by atoms with Gasteiger partial charge in [0.05, 0.1) is 24.5 Å². The smallest absolute Gasteiger partial charge is 0.225 e. The molecule has 0 bridgehead atoms. The SMILES string of the molecule is COCCN(CCC#N)c1nc(Cl)nc2sc(C)cc12. The van der Waals surface area contributed by atoms with Crippen molar-refractivity contribution in [3.63, 3.8) is 0 Å². The van der Waals surface area contributed by atoms with Gasteiger partial charge in [0.15, 0.2) is 0 Å². The maximum Gasteiger partial charge on any atom is 0.225 e. The zero-order valence-corrected chi connectivity index (χ0v) is 13.0. The first kappa shape index (κ1) is 15.0. The predicted octanol–water partition coefficient (Wildman–Crippen LogP) is 3.02. The molecule has 0 aromatic carbocycles. The maximum absolute atomic E-state index is 8.79. The van der Waals surface area contributed by atoms with Crippen LogP contribution in [0.25, 0.3) is 10.2 Å². The highest BCUT2D eigenvalue weighted by Gasteiger charge is 2.15. The normalized spacial score (nSPS) is 10.7. The number of thiophene rings is 1. The first-order chi connectivity index (χ1) is 9.65. The Morgan fingerprint density at radius 3 is 2.95 bits per heavy atom. The van der Waals surface area contributed by atoms with E-state index in [0.29, 0.717) is 26.1 Å². The van der Waals surface area contributed by atoms with Gasteiger partial charge in [-0.1, -0.05) is 0 Å². The van der Waals surface area contributed by atoms with Crippen LogP contribution in [-0.4, -0.2) is 36.8 Å². The Hall–Kier alpha value is -1.42. The minimum absolute atomic E-state index is 0.230. The zero-order chi connectivity index (χ0) is 14.5. The van der Waals surface area contributed by atoms with Crippen molar-refractivity contribution in [1.82, 2.24) is 9.97 Å². The van der Waals surface area contributed by atoms with Gasteiger partial charge in [0.25, 0.3) is 0 Å². The third-order valence-electron chi connectivity index (χ3n) is 2.83. The Balaban J connectivity index is 2.42. The van der Waals surface area contributed by atoms with Gasteiger partial charge in [0.1, 0.15) is 10.6 Å². The molecule has 5 nitrogen and oxygen atoms in total. The number of halogens is 1. The summed E-state index contributed by atoms with van der Waals surface area (Å²) in [4.78, 5) is 12.6. The molecule has 0 amide bonds. The molecule has 0 aliphatic rings. The van der Waals surface area contributed by atoms with E-state index >= 15 is 0 Å². The third-order valence-corrected chi connectivity index (χ3v) is 3.94. The van der Waals surface area contributed by atoms with E-state index in [2.05, 4.69) is 22.1 Å². The van der Waals surface area contributed by atoms with E-state index in [1.54, 1.807) is 18.4 Å². The number of anilines is 1. The van der Waals surface area contributed by atoms with Gasteiger partial charge in [-0.05, 0) is 24.6 Å². The van der Waals surface area contributed by atoms with E-state index in [9.17, 15) is 0 Å². The van der Waals surface area contributed by atoms with Crippen molar-refractivity contribution in [3.05, 3.63) is 16.2 Å². The number of aromatic nitrogens is 2. The van der Waals surface area contributed by atoms with E-state index in [1.807, 2.05) is 11.8 Å². The quantitative estimate of drug-likeness (QED) is 0.767. The number of nitriles is 1. The van der Waals surface area contributed by atoms with Gasteiger partial charge in [0, 0.05) is 25.1 Å². The van der Waals surface area contributed by atoms with E-state index < -0.39 is 0 Å². The molecule has 0 unspecified atom stereocenters. The van der Waals surface area contributed by atoms with E-state index in [-0.39, 0.29) is 5.28 Å². The second kappa shape index (κ2) is 6.84. The highest BCUT2D eigenvalue weighted by Crippen LogP contribution is 2.31. The summed E-state index contributed by atoms with van der Waals surface area (Å²) in [5, 5.41) is 10.0. The fraction of sp³-hybridized carbons (Fsp3) is 0.462. The van der Waals surface area contributed by atoms with Gasteiger partial charge in [-0.2, -0.15) is 10.2 Å². The lowest BCUT2D eigenvalue weighted by Crippen LogP contribution is -2.29. The Morgan fingerprint density at radius 1 is 1.45 bits per heavy atom. The molecule has 2 rings (SSSR count). The van der Waals surface area contributed by atoms with Gasteiger partial charge in [-0.25, -0.2) is 4.98 Å². The van der Waals surface area contributed by atoms with Crippen molar-refractivity contribution in [2.24, 2.45) is 0 Å². The van der Waals surface area contributed by atoms with Crippen molar-refractivity contribution >= 4 is 39.0 Å². The van der Waals surface area contributed by atoms with Crippen LogP contribution < -0.4 is 4.90 Å². The van der Waals surface area contributed by atoms with Crippen LogP contribution >= 0.6 is 22.9 Å². The molecule has 0 radical (unpaired) electrons. The predicted molar refractivity (Wildman–Crippen MR) is 81.5 cm³/mol. The number of nitrogens with zero attached hydrogens (tertiary/aromatic N) is 4. The number of rotatable bonds is 6. The Bertz CT molecular complexity index is 637. The van der Waals surface area contributed by atoms with Crippen LogP contribution in [0.2, 0.25) is 5.28 Å². The molecule has 7 heteroatoms. The van der Waals surface area contributed by atoms with Gasteiger partial charge in [0.2, 0.25) is 5.28 Å². The minimum atomic E-state index is 0.230. The highest BCUT2D eigenvalue weighted by atomic mass is 35.5. The number of ether oxygens (including phenoxy) is 1. The lowest BCUT2D eigenvalue weighted by atomic mass is 10.3. The second-order valence-corrected chi connectivity index (χ2v) is 5.85. The fourth-order valence-electron chi connectivity index (χ4n) is 1.95. The first-order valence-corrected chi connectivity index (χ1v) is 7.39. The summed E-state index contributed by atoms with van der Waals surface area (Å²) in [6.45, 7) is 3.85. The molecule has 2 aromatic rings. The molecule has 0 atom stereocenters. The standard InChI is InChI=1S/C13H15ClN4OS/c1-9-8-10-11(16-13(14)17-12(10)20-9)18(5-3-4-15)6-7-19-2/h8H,3,5-7H2,1-2H3. The molecular weight excluding hydrogens is 296 g/mol. The summed E-state index contributed by atoms with van der Waals surface area (Å²) in [6, 6.07) is 4.21. The molecule has 0 spiro atoms. The Labute approximate surface area is 126 Å². The summed E-state index contributed by atoms with van der Waals surface area (Å²) < 4.78 is 5.12. The van der Waals surface area contributed by atoms with Gasteiger partial charge < -0.3 is 9.64 Å². The lowest BCUT2D eigenvalue weighted by molar-refractivity contribution is 0.205. The topological polar surface area (TPSA) is 62.0 Å². The molecule has 2 heterocycles. The molecule has 20 heavy (non-hydrogen) atoms. The fourth-order valence-corrected chi connectivity index (χ4v) is 3.04. The number of hydrogen-bond donors (Lipinski definition) is 0. The maximum atomic E-state index is 8.79. The average Bonchev–Trinajstić information content (AvgIpc) is 2.78. The molecule has 0 aliphatic heterocycles. The van der Waals surface area contributed by atoms with E-state index in [4.69, 9.17) is 21.6 Å². The summed E-state index contributed by atoms with van der Waals surface area (Å²) >= 11 is 7.59. The van der Waals surface area contributed by atoms with Crippen LogP contribution in [0.5, 0.6) is 0 Å². The second-order valence-electron chi connectivity index (χ2n) is 4.28. The van der Waals surface area contributed by atoms with Crippen molar-refractivity contribution in [2.45, 2.75) is 13.3 Å². The van der Waals surface area contributed by atoms with E-state index in [1.165, 1.54) is 0 Å². The van der Waals surface area contributed by atoms with Crippen LogP contribution in [0, 0.1) is 18.3 Å². The lowest BCUT2D eigenvalue weighted by Gasteiger charge is -2.22. The number of aryl methyl sites for hydroxylation is 1. The van der Waals surface area contributed by atoms with Crippen LogP contribution in [0.1, 0.15) is 11.3 Å². The summed E-state index contributed by atoms with van der Waals surface area (Å²) in [5.41, 5.74) is 0. The molecular formula is C13H15ClN4OS. The molecule has 106 valence electrons. The molecule has 0 saturated carbocycles. The van der Waals surface area contributed by atoms with Gasteiger partial charge in [-0.3, -0.25) is 0 Å².